The summed E-state index contributed by atoms with van der Waals surface area (Å²) in [6, 6.07) is 0.558. The Labute approximate surface area is 83.9 Å². The number of hydrogen-bond acceptors (Lipinski definition) is 4. The maximum atomic E-state index is 3.93. The molecule has 1 fully saturated rings. The molecule has 1 aliphatic rings. The van der Waals surface area contributed by atoms with Gasteiger partial charge in [-0.05, 0) is 23.3 Å². The standard InChI is InChI=1S/C9H17N5/c1-14-9(11-12-13-14)10-8-6-4-2-3-5-7-8/h8H,2-7H2,1H3,(H,10,11,13). The van der Waals surface area contributed by atoms with Gasteiger partial charge in [0.2, 0.25) is 5.95 Å². The summed E-state index contributed by atoms with van der Waals surface area (Å²) in [6.07, 6.45) is 7.87. The maximum absolute atomic E-state index is 3.93. The first-order valence-electron chi connectivity index (χ1n) is 5.35. The fourth-order valence-corrected chi connectivity index (χ4v) is 1.96. The van der Waals surface area contributed by atoms with Gasteiger partial charge in [0.25, 0.3) is 0 Å². The van der Waals surface area contributed by atoms with E-state index in [0.29, 0.717) is 6.04 Å². The second-order valence-corrected chi connectivity index (χ2v) is 3.96. The van der Waals surface area contributed by atoms with Crippen molar-refractivity contribution in [2.45, 2.75) is 44.6 Å². The summed E-state index contributed by atoms with van der Waals surface area (Å²) in [6.45, 7) is 0. The van der Waals surface area contributed by atoms with E-state index in [-0.39, 0.29) is 0 Å². The van der Waals surface area contributed by atoms with Gasteiger partial charge in [-0.3, -0.25) is 0 Å². The Bertz CT molecular complexity index is 274. The van der Waals surface area contributed by atoms with Gasteiger partial charge in [0.05, 0.1) is 0 Å². The van der Waals surface area contributed by atoms with Crippen molar-refractivity contribution in [2.75, 3.05) is 5.32 Å². The molecule has 0 aromatic carbocycles. The monoisotopic (exact) mass is 195 g/mol. The summed E-state index contributed by atoms with van der Waals surface area (Å²) >= 11 is 0. The van der Waals surface area contributed by atoms with Crippen molar-refractivity contribution in [2.24, 2.45) is 7.05 Å². The van der Waals surface area contributed by atoms with E-state index < -0.39 is 0 Å². The van der Waals surface area contributed by atoms with E-state index in [0.717, 1.165) is 5.95 Å². The molecular weight excluding hydrogens is 178 g/mol. The molecule has 78 valence electrons. The quantitative estimate of drug-likeness (QED) is 0.724. The summed E-state index contributed by atoms with van der Waals surface area (Å²) in [5.41, 5.74) is 0. The largest absolute Gasteiger partial charge is 0.350 e. The third-order valence-electron chi connectivity index (χ3n) is 2.81. The second kappa shape index (κ2) is 4.39. The normalized spacial score (nSPS) is 19.2. The minimum Gasteiger partial charge on any atom is -0.350 e. The second-order valence-electron chi connectivity index (χ2n) is 3.96. The van der Waals surface area contributed by atoms with E-state index in [9.17, 15) is 0 Å². The van der Waals surface area contributed by atoms with Gasteiger partial charge in [0, 0.05) is 13.1 Å². The van der Waals surface area contributed by atoms with Crippen LogP contribution >= 0.6 is 0 Å². The van der Waals surface area contributed by atoms with Crippen LogP contribution in [-0.4, -0.2) is 26.2 Å². The Balaban J connectivity index is 1.92. The van der Waals surface area contributed by atoms with Crippen LogP contribution in [0.25, 0.3) is 0 Å². The van der Waals surface area contributed by atoms with Crippen LogP contribution in [0.2, 0.25) is 0 Å². The molecule has 1 heterocycles. The zero-order chi connectivity index (χ0) is 9.80. The smallest absolute Gasteiger partial charge is 0.242 e. The molecular formula is C9H17N5. The van der Waals surface area contributed by atoms with Gasteiger partial charge in [-0.25, -0.2) is 4.68 Å². The van der Waals surface area contributed by atoms with Crippen molar-refractivity contribution in [1.29, 1.82) is 0 Å². The van der Waals surface area contributed by atoms with Gasteiger partial charge < -0.3 is 5.32 Å². The zero-order valence-electron chi connectivity index (χ0n) is 8.61. The number of aryl methyl sites for hydroxylation is 1. The highest BCUT2D eigenvalue weighted by Gasteiger charge is 2.13. The lowest BCUT2D eigenvalue weighted by molar-refractivity contribution is 0.606. The molecule has 1 aromatic heterocycles. The van der Waals surface area contributed by atoms with Crippen LogP contribution in [0.4, 0.5) is 5.95 Å². The highest BCUT2D eigenvalue weighted by molar-refractivity contribution is 5.23. The fraction of sp³-hybridized carbons (Fsp3) is 0.889. The zero-order valence-corrected chi connectivity index (χ0v) is 8.61. The predicted molar refractivity (Wildman–Crippen MR) is 53.9 cm³/mol. The number of hydrogen-bond donors (Lipinski definition) is 1. The summed E-state index contributed by atoms with van der Waals surface area (Å²) in [7, 11) is 1.86. The fourth-order valence-electron chi connectivity index (χ4n) is 1.96. The maximum Gasteiger partial charge on any atom is 0.242 e. The van der Waals surface area contributed by atoms with Gasteiger partial charge in [-0.15, -0.1) is 0 Å². The number of nitrogens with one attached hydrogen (secondary N) is 1. The van der Waals surface area contributed by atoms with Crippen molar-refractivity contribution in [1.82, 2.24) is 20.2 Å². The summed E-state index contributed by atoms with van der Waals surface area (Å²) < 4.78 is 1.69. The Hall–Kier alpha value is -1.13. The van der Waals surface area contributed by atoms with E-state index in [1.165, 1.54) is 38.5 Å². The average molecular weight is 195 g/mol. The van der Waals surface area contributed by atoms with Gasteiger partial charge >= 0.3 is 0 Å². The average Bonchev–Trinajstić information content (AvgIpc) is 2.44. The third kappa shape index (κ3) is 2.21. The molecule has 5 heteroatoms. The summed E-state index contributed by atoms with van der Waals surface area (Å²) in [4.78, 5) is 0. The van der Waals surface area contributed by atoms with E-state index in [1.54, 1.807) is 4.68 Å². The topological polar surface area (TPSA) is 55.6 Å². The number of tetrazole rings is 1. The van der Waals surface area contributed by atoms with Crippen molar-refractivity contribution < 1.29 is 0 Å². The molecule has 1 saturated carbocycles. The lowest BCUT2D eigenvalue weighted by Gasteiger charge is -2.15. The van der Waals surface area contributed by atoms with Crippen LogP contribution in [0.3, 0.4) is 0 Å². The van der Waals surface area contributed by atoms with Crippen molar-refractivity contribution >= 4 is 5.95 Å². The van der Waals surface area contributed by atoms with Crippen LogP contribution in [-0.2, 0) is 7.05 Å². The van der Waals surface area contributed by atoms with Crippen LogP contribution in [0.5, 0.6) is 0 Å². The van der Waals surface area contributed by atoms with Crippen molar-refractivity contribution in [3.8, 4) is 0 Å². The SMILES string of the molecule is Cn1nnnc1NC1CCCCCC1. The first-order chi connectivity index (χ1) is 6.86. The van der Waals surface area contributed by atoms with Gasteiger partial charge in [0.15, 0.2) is 0 Å². The molecule has 0 saturated heterocycles. The Morgan fingerprint density at radius 3 is 2.50 bits per heavy atom. The van der Waals surface area contributed by atoms with Gasteiger partial charge in [0.1, 0.15) is 0 Å². The first-order valence-corrected chi connectivity index (χ1v) is 5.35. The molecule has 5 nitrogen and oxygen atoms in total. The lowest BCUT2D eigenvalue weighted by atomic mass is 10.1. The van der Waals surface area contributed by atoms with Crippen LogP contribution in [0, 0.1) is 0 Å². The minimum atomic E-state index is 0.558. The Morgan fingerprint density at radius 1 is 1.21 bits per heavy atom. The summed E-state index contributed by atoms with van der Waals surface area (Å²) in [5.74, 6) is 0.789. The molecule has 1 aliphatic carbocycles. The Morgan fingerprint density at radius 2 is 1.93 bits per heavy atom. The van der Waals surface area contributed by atoms with E-state index in [1.807, 2.05) is 7.05 Å². The molecule has 0 bridgehead atoms. The number of rotatable bonds is 2. The molecule has 2 rings (SSSR count). The molecule has 0 spiro atoms. The molecule has 1 aromatic rings. The predicted octanol–water partition coefficient (Wildman–Crippen LogP) is 1.34. The van der Waals surface area contributed by atoms with E-state index >= 15 is 0 Å². The molecule has 0 atom stereocenters. The highest BCUT2D eigenvalue weighted by Crippen LogP contribution is 2.19. The molecule has 14 heavy (non-hydrogen) atoms. The van der Waals surface area contributed by atoms with Crippen molar-refractivity contribution in [3.05, 3.63) is 0 Å². The number of aromatic nitrogens is 4. The van der Waals surface area contributed by atoms with Gasteiger partial charge in [-0.2, -0.15) is 0 Å². The molecule has 0 aliphatic heterocycles. The van der Waals surface area contributed by atoms with E-state index in [2.05, 4.69) is 20.8 Å². The van der Waals surface area contributed by atoms with E-state index in [4.69, 9.17) is 0 Å². The molecule has 0 unspecified atom stereocenters. The summed E-state index contributed by atoms with van der Waals surface area (Å²) in [5, 5.41) is 14.7. The van der Waals surface area contributed by atoms with Crippen LogP contribution in [0.15, 0.2) is 0 Å². The first kappa shape index (κ1) is 9.43. The highest BCUT2D eigenvalue weighted by atomic mass is 15.6. The van der Waals surface area contributed by atoms with Crippen molar-refractivity contribution in [3.63, 3.8) is 0 Å². The lowest BCUT2D eigenvalue weighted by Crippen LogP contribution is -2.20. The minimum absolute atomic E-state index is 0.558. The molecule has 0 amide bonds. The molecule has 1 N–H and O–H groups in total. The number of nitrogens with zero attached hydrogens (tertiary/aromatic N) is 4. The number of anilines is 1. The molecule has 0 radical (unpaired) electrons. The van der Waals surface area contributed by atoms with Crippen LogP contribution in [0.1, 0.15) is 38.5 Å². The van der Waals surface area contributed by atoms with Gasteiger partial charge in [-0.1, -0.05) is 30.8 Å². The Kier molecular flexibility index (Phi) is 2.96. The van der Waals surface area contributed by atoms with Crippen LogP contribution < -0.4 is 5.32 Å². The third-order valence-corrected chi connectivity index (χ3v) is 2.81.